The second kappa shape index (κ2) is 4.87. The number of nitrogens with zero attached hydrogens (tertiary/aromatic N) is 3. The maximum absolute atomic E-state index is 12.0. The van der Waals surface area contributed by atoms with E-state index < -0.39 is 0 Å². The number of rotatable bonds is 5. The first kappa shape index (κ1) is 12.0. The summed E-state index contributed by atoms with van der Waals surface area (Å²) in [7, 11) is 0. The van der Waals surface area contributed by atoms with Crippen molar-refractivity contribution in [3.05, 3.63) is 36.2 Å². The number of aromatic nitrogens is 3. The molecule has 3 rings (SSSR count). The predicted octanol–water partition coefficient (Wildman–Crippen LogP) is 1.57. The van der Waals surface area contributed by atoms with Crippen molar-refractivity contribution in [2.75, 3.05) is 0 Å². The Morgan fingerprint density at radius 2 is 2.47 bits per heavy atom. The van der Waals surface area contributed by atoms with Crippen molar-refractivity contribution in [2.24, 2.45) is 0 Å². The molecule has 100 valence electrons. The van der Waals surface area contributed by atoms with Crippen molar-refractivity contribution in [2.45, 2.75) is 38.3 Å². The fraction of sp³-hybridized carbons (Fsp3) is 0.462. The molecule has 0 bridgehead atoms. The van der Waals surface area contributed by atoms with Crippen LogP contribution in [0, 0.1) is 0 Å². The van der Waals surface area contributed by atoms with Crippen LogP contribution in [-0.4, -0.2) is 26.7 Å². The summed E-state index contributed by atoms with van der Waals surface area (Å²) in [5.41, 5.74) is 0.361. The first-order valence-corrected chi connectivity index (χ1v) is 6.45. The van der Waals surface area contributed by atoms with Gasteiger partial charge in [-0.15, -0.1) is 0 Å². The molecule has 0 aliphatic heterocycles. The molecule has 1 fully saturated rings. The molecule has 0 unspecified atom stereocenters. The van der Waals surface area contributed by atoms with Crippen LogP contribution >= 0.6 is 0 Å². The number of carbonyl (C=O) groups excluding carboxylic acids is 1. The summed E-state index contributed by atoms with van der Waals surface area (Å²) in [4.78, 5) is 15.9. The summed E-state index contributed by atoms with van der Waals surface area (Å²) >= 11 is 0. The van der Waals surface area contributed by atoms with E-state index in [9.17, 15) is 4.79 Å². The molecule has 2 aromatic heterocycles. The van der Waals surface area contributed by atoms with E-state index in [0.717, 1.165) is 18.6 Å². The van der Waals surface area contributed by atoms with E-state index >= 15 is 0 Å². The minimum absolute atomic E-state index is 0.00257. The molecule has 1 atom stereocenters. The second-order valence-corrected chi connectivity index (χ2v) is 5.02. The van der Waals surface area contributed by atoms with Gasteiger partial charge in [-0.2, -0.15) is 0 Å². The summed E-state index contributed by atoms with van der Waals surface area (Å²) in [6.45, 7) is 2.62. The summed E-state index contributed by atoms with van der Waals surface area (Å²) in [5, 5.41) is 6.72. The number of amides is 1. The van der Waals surface area contributed by atoms with Crippen LogP contribution in [0.2, 0.25) is 0 Å². The summed E-state index contributed by atoms with van der Waals surface area (Å²) in [6.07, 6.45) is 7.57. The number of imidazole rings is 1. The van der Waals surface area contributed by atoms with Crippen molar-refractivity contribution in [3.63, 3.8) is 0 Å². The zero-order valence-corrected chi connectivity index (χ0v) is 10.7. The zero-order valence-electron chi connectivity index (χ0n) is 10.7. The molecule has 1 N–H and O–H groups in total. The number of nitrogens with one attached hydrogen (secondary N) is 1. The third-order valence-corrected chi connectivity index (χ3v) is 3.16. The van der Waals surface area contributed by atoms with Gasteiger partial charge in [-0.25, -0.2) is 4.98 Å². The summed E-state index contributed by atoms with van der Waals surface area (Å²) in [6, 6.07) is 1.75. The lowest BCUT2D eigenvalue weighted by Crippen LogP contribution is -2.35. The van der Waals surface area contributed by atoms with Crippen LogP contribution in [0.4, 0.5) is 0 Å². The monoisotopic (exact) mass is 260 g/mol. The minimum Gasteiger partial charge on any atom is -0.360 e. The van der Waals surface area contributed by atoms with Gasteiger partial charge >= 0.3 is 0 Å². The zero-order chi connectivity index (χ0) is 13.2. The van der Waals surface area contributed by atoms with Crippen LogP contribution in [0.5, 0.6) is 0 Å². The summed E-state index contributed by atoms with van der Waals surface area (Å²) in [5.74, 6) is 1.10. The third-order valence-electron chi connectivity index (χ3n) is 3.16. The molecular formula is C13H16N4O2. The second-order valence-electron chi connectivity index (χ2n) is 5.02. The standard InChI is InChI=1S/C13H16N4O2/c1-9(7-17-5-4-14-8-17)15-13(18)11-6-12(19-16-11)10-2-3-10/h4-6,8-10H,2-3,7H2,1H3,(H,15,18)/t9-/m1/s1. The largest absolute Gasteiger partial charge is 0.360 e. The van der Waals surface area contributed by atoms with Gasteiger partial charge in [-0.3, -0.25) is 4.79 Å². The predicted molar refractivity (Wildman–Crippen MR) is 67.6 cm³/mol. The Bertz CT molecular complexity index is 557. The Morgan fingerprint density at radius 3 is 3.16 bits per heavy atom. The van der Waals surface area contributed by atoms with Gasteiger partial charge in [0, 0.05) is 37.0 Å². The molecule has 2 heterocycles. The topological polar surface area (TPSA) is 73.0 Å². The first-order chi connectivity index (χ1) is 9.22. The molecule has 0 spiro atoms. The SMILES string of the molecule is C[C@H](Cn1ccnc1)NC(=O)c1cc(C2CC2)on1. The van der Waals surface area contributed by atoms with E-state index in [0.29, 0.717) is 18.2 Å². The first-order valence-electron chi connectivity index (χ1n) is 6.45. The lowest BCUT2D eigenvalue weighted by molar-refractivity contribution is 0.0927. The number of hydrogen-bond donors (Lipinski definition) is 1. The number of carbonyl (C=O) groups is 1. The van der Waals surface area contributed by atoms with Crippen molar-refractivity contribution in [1.29, 1.82) is 0 Å². The molecule has 6 nitrogen and oxygen atoms in total. The van der Waals surface area contributed by atoms with Crippen LogP contribution in [-0.2, 0) is 6.54 Å². The van der Waals surface area contributed by atoms with Crippen LogP contribution in [0.1, 0.15) is 41.9 Å². The van der Waals surface area contributed by atoms with Crippen LogP contribution in [0.25, 0.3) is 0 Å². The van der Waals surface area contributed by atoms with Crippen molar-refractivity contribution in [1.82, 2.24) is 20.0 Å². The molecule has 1 amide bonds. The van der Waals surface area contributed by atoms with E-state index in [1.54, 1.807) is 18.6 Å². The molecule has 1 aliphatic rings. The number of hydrogen-bond acceptors (Lipinski definition) is 4. The molecule has 6 heteroatoms. The maximum Gasteiger partial charge on any atom is 0.273 e. The van der Waals surface area contributed by atoms with E-state index in [4.69, 9.17) is 4.52 Å². The Morgan fingerprint density at radius 1 is 1.63 bits per heavy atom. The highest BCUT2D eigenvalue weighted by molar-refractivity contribution is 5.92. The van der Waals surface area contributed by atoms with Gasteiger partial charge in [-0.05, 0) is 19.8 Å². The highest BCUT2D eigenvalue weighted by Gasteiger charge is 2.29. The Balaban J connectivity index is 1.57. The average molecular weight is 260 g/mol. The Hall–Kier alpha value is -2.11. The maximum atomic E-state index is 12.0. The van der Waals surface area contributed by atoms with Crippen LogP contribution in [0.3, 0.4) is 0 Å². The van der Waals surface area contributed by atoms with Gasteiger partial charge in [0.05, 0.1) is 6.33 Å². The van der Waals surface area contributed by atoms with E-state index in [2.05, 4.69) is 15.5 Å². The highest BCUT2D eigenvalue weighted by atomic mass is 16.5. The fourth-order valence-electron chi connectivity index (χ4n) is 2.01. The van der Waals surface area contributed by atoms with Gasteiger partial charge in [0.2, 0.25) is 0 Å². The molecule has 0 aromatic carbocycles. The van der Waals surface area contributed by atoms with Crippen molar-refractivity contribution >= 4 is 5.91 Å². The molecule has 1 saturated carbocycles. The van der Waals surface area contributed by atoms with Gasteiger partial charge in [0.1, 0.15) is 5.76 Å². The van der Waals surface area contributed by atoms with Crippen LogP contribution < -0.4 is 5.32 Å². The average Bonchev–Trinajstić information content (AvgIpc) is 2.91. The lowest BCUT2D eigenvalue weighted by atomic mass is 10.2. The van der Waals surface area contributed by atoms with Gasteiger partial charge in [0.15, 0.2) is 5.69 Å². The quantitative estimate of drug-likeness (QED) is 0.885. The minimum atomic E-state index is -0.191. The van der Waals surface area contributed by atoms with E-state index in [1.807, 2.05) is 17.7 Å². The van der Waals surface area contributed by atoms with E-state index in [-0.39, 0.29) is 11.9 Å². The molecule has 19 heavy (non-hydrogen) atoms. The van der Waals surface area contributed by atoms with E-state index in [1.165, 1.54) is 0 Å². The van der Waals surface area contributed by atoms with Crippen molar-refractivity contribution < 1.29 is 9.32 Å². The Labute approximate surface area is 110 Å². The molecule has 0 radical (unpaired) electrons. The van der Waals surface area contributed by atoms with Crippen molar-refractivity contribution in [3.8, 4) is 0 Å². The lowest BCUT2D eigenvalue weighted by Gasteiger charge is -2.13. The molecule has 2 aromatic rings. The Kier molecular flexibility index (Phi) is 3.06. The molecule has 0 saturated heterocycles. The smallest absolute Gasteiger partial charge is 0.273 e. The summed E-state index contributed by atoms with van der Waals surface area (Å²) < 4.78 is 7.09. The molecule has 1 aliphatic carbocycles. The normalized spacial score (nSPS) is 16.3. The van der Waals surface area contributed by atoms with Gasteiger partial charge < -0.3 is 14.4 Å². The molecular weight excluding hydrogens is 244 g/mol. The van der Waals surface area contributed by atoms with Crippen LogP contribution in [0.15, 0.2) is 29.3 Å². The van der Waals surface area contributed by atoms with Gasteiger partial charge in [0.25, 0.3) is 5.91 Å². The fourth-order valence-corrected chi connectivity index (χ4v) is 2.01. The van der Waals surface area contributed by atoms with Gasteiger partial charge in [-0.1, -0.05) is 5.16 Å². The third kappa shape index (κ3) is 2.83. The highest BCUT2D eigenvalue weighted by Crippen LogP contribution is 2.40.